The quantitative estimate of drug-likeness (QED) is 0.619. The minimum Gasteiger partial charge on any atom is -0.339 e. The number of pyridine rings is 1. The molecule has 0 aliphatic carbocycles. The highest BCUT2D eigenvalue weighted by Crippen LogP contribution is 2.20. The number of nitrogens with one attached hydrogen (secondary N) is 2. The number of aryl methyl sites for hydroxylation is 2. The number of hydrogen-bond donors (Lipinski definition) is 2. The molecule has 10 heteroatoms. The molecule has 0 radical (unpaired) electrons. The summed E-state index contributed by atoms with van der Waals surface area (Å²) >= 11 is 0. The van der Waals surface area contributed by atoms with Gasteiger partial charge in [0.1, 0.15) is 0 Å². The van der Waals surface area contributed by atoms with Crippen molar-refractivity contribution in [3.8, 4) is 11.4 Å². The normalized spacial score (nSPS) is 11.4. The second kappa shape index (κ2) is 8.28. The molecule has 3 aromatic rings. The lowest BCUT2D eigenvalue weighted by Crippen LogP contribution is -2.20. The molecule has 28 heavy (non-hydrogen) atoms. The van der Waals surface area contributed by atoms with Crippen molar-refractivity contribution in [2.75, 3.05) is 12.4 Å². The third kappa shape index (κ3) is 4.59. The molecule has 2 N–H and O–H groups in total. The van der Waals surface area contributed by atoms with Crippen LogP contribution in [0.1, 0.15) is 17.9 Å². The first-order valence-electron chi connectivity index (χ1n) is 8.46. The van der Waals surface area contributed by atoms with Crippen LogP contribution in [-0.4, -0.2) is 36.5 Å². The molecule has 2 aromatic heterocycles. The van der Waals surface area contributed by atoms with E-state index in [1.807, 2.05) is 0 Å². The fourth-order valence-corrected chi connectivity index (χ4v) is 3.49. The van der Waals surface area contributed by atoms with Gasteiger partial charge in [0.15, 0.2) is 0 Å². The number of anilines is 1. The zero-order chi connectivity index (χ0) is 20.1. The molecule has 0 spiro atoms. The Morgan fingerprint density at radius 1 is 1.18 bits per heavy atom. The third-order valence-electron chi connectivity index (χ3n) is 4.00. The maximum absolute atomic E-state index is 12.2. The van der Waals surface area contributed by atoms with E-state index in [-0.39, 0.29) is 23.6 Å². The van der Waals surface area contributed by atoms with Crippen molar-refractivity contribution in [2.24, 2.45) is 0 Å². The predicted octanol–water partition coefficient (Wildman–Crippen LogP) is 1.92. The van der Waals surface area contributed by atoms with Gasteiger partial charge in [0.2, 0.25) is 27.6 Å². The van der Waals surface area contributed by atoms with Crippen molar-refractivity contribution >= 4 is 21.6 Å². The highest BCUT2D eigenvalue weighted by molar-refractivity contribution is 7.89. The zero-order valence-corrected chi connectivity index (χ0v) is 16.2. The van der Waals surface area contributed by atoms with Gasteiger partial charge in [0.25, 0.3) is 0 Å². The van der Waals surface area contributed by atoms with Crippen LogP contribution in [0.15, 0.2) is 52.1 Å². The molecule has 0 fully saturated rings. The number of nitrogens with zero attached hydrogens (tertiary/aromatic N) is 3. The van der Waals surface area contributed by atoms with Gasteiger partial charge in [0.05, 0.1) is 4.90 Å². The standard InChI is InChI=1S/C18H19N5O4S/c1-12-3-4-14(11-15(12)28(25,26)19-2)21-16(24)5-6-17-22-18(23-27-17)13-7-9-20-10-8-13/h3-4,7-11,19H,5-6H2,1-2H3,(H,21,24). The van der Waals surface area contributed by atoms with Crippen molar-refractivity contribution in [1.29, 1.82) is 0 Å². The largest absolute Gasteiger partial charge is 0.339 e. The van der Waals surface area contributed by atoms with E-state index in [0.717, 1.165) is 5.56 Å². The van der Waals surface area contributed by atoms with Crippen molar-refractivity contribution in [1.82, 2.24) is 19.8 Å². The van der Waals surface area contributed by atoms with Crippen molar-refractivity contribution < 1.29 is 17.7 Å². The Morgan fingerprint density at radius 3 is 2.64 bits per heavy atom. The molecule has 1 aromatic carbocycles. The van der Waals surface area contributed by atoms with Crippen molar-refractivity contribution in [3.05, 3.63) is 54.2 Å². The third-order valence-corrected chi connectivity index (χ3v) is 5.56. The zero-order valence-electron chi connectivity index (χ0n) is 15.3. The Labute approximate surface area is 162 Å². The average Bonchev–Trinajstić information content (AvgIpc) is 3.17. The Hall–Kier alpha value is -3.11. The van der Waals surface area contributed by atoms with Crippen LogP contribution in [-0.2, 0) is 21.2 Å². The van der Waals surface area contributed by atoms with Gasteiger partial charge in [-0.15, -0.1) is 0 Å². The lowest BCUT2D eigenvalue weighted by atomic mass is 10.2. The van der Waals surface area contributed by atoms with Crippen LogP contribution >= 0.6 is 0 Å². The van der Waals surface area contributed by atoms with E-state index in [0.29, 0.717) is 23.0 Å². The number of hydrogen-bond acceptors (Lipinski definition) is 7. The van der Waals surface area contributed by atoms with Gasteiger partial charge in [-0.3, -0.25) is 9.78 Å². The SMILES string of the molecule is CNS(=O)(=O)c1cc(NC(=O)CCc2nc(-c3ccncc3)no2)ccc1C. The minimum atomic E-state index is -3.61. The smallest absolute Gasteiger partial charge is 0.240 e. The second-order valence-corrected chi connectivity index (χ2v) is 7.84. The van der Waals surface area contributed by atoms with Crippen molar-refractivity contribution in [2.45, 2.75) is 24.7 Å². The molecule has 9 nitrogen and oxygen atoms in total. The van der Waals surface area contributed by atoms with E-state index in [4.69, 9.17) is 4.52 Å². The molecule has 0 saturated heterocycles. The van der Waals surface area contributed by atoms with Crippen LogP contribution in [0.2, 0.25) is 0 Å². The topological polar surface area (TPSA) is 127 Å². The summed E-state index contributed by atoms with van der Waals surface area (Å²) in [7, 11) is -2.27. The molecule has 0 aliphatic rings. The maximum Gasteiger partial charge on any atom is 0.240 e. The molecule has 3 rings (SSSR count). The van der Waals surface area contributed by atoms with E-state index in [9.17, 15) is 13.2 Å². The van der Waals surface area contributed by atoms with E-state index in [2.05, 4.69) is 25.2 Å². The van der Waals surface area contributed by atoms with Crippen LogP contribution in [0.5, 0.6) is 0 Å². The van der Waals surface area contributed by atoms with Gasteiger partial charge >= 0.3 is 0 Å². The lowest BCUT2D eigenvalue weighted by Gasteiger charge is -2.10. The van der Waals surface area contributed by atoms with Gasteiger partial charge in [-0.25, -0.2) is 13.1 Å². The summed E-state index contributed by atoms with van der Waals surface area (Å²) in [4.78, 5) is 20.5. The Kier molecular flexibility index (Phi) is 5.81. The van der Waals surface area contributed by atoms with Crippen LogP contribution in [0.4, 0.5) is 5.69 Å². The summed E-state index contributed by atoms with van der Waals surface area (Å²) in [5, 5.41) is 6.57. The minimum absolute atomic E-state index is 0.111. The maximum atomic E-state index is 12.2. The second-order valence-electron chi connectivity index (χ2n) is 5.98. The number of carbonyl (C=O) groups is 1. The average molecular weight is 401 g/mol. The van der Waals surface area contributed by atoms with Crippen LogP contribution in [0.25, 0.3) is 11.4 Å². The van der Waals surface area contributed by atoms with Gasteiger partial charge in [-0.1, -0.05) is 11.2 Å². The molecule has 0 aliphatic heterocycles. The Balaban J connectivity index is 1.62. The molecular weight excluding hydrogens is 382 g/mol. The molecule has 0 atom stereocenters. The van der Waals surface area contributed by atoms with Gasteiger partial charge < -0.3 is 9.84 Å². The first kappa shape index (κ1) is 19.6. The summed E-state index contributed by atoms with van der Waals surface area (Å²) in [6.07, 6.45) is 3.63. The Morgan fingerprint density at radius 2 is 1.93 bits per heavy atom. The Bertz CT molecular complexity index is 1080. The van der Waals surface area contributed by atoms with Gasteiger partial charge in [-0.05, 0) is 43.8 Å². The molecule has 0 unspecified atom stereocenters. The lowest BCUT2D eigenvalue weighted by molar-refractivity contribution is -0.116. The van der Waals surface area contributed by atoms with Crippen molar-refractivity contribution in [3.63, 3.8) is 0 Å². The number of benzene rings is 1. The number of amides is 1. The summed E-state index contributed by atoms with van der Waals surface area (Å²) in [6.45, 7) is 1.69. The molecule has 146 valence electrons. The highest BCUT2D eigenvalue weighted by atomic mass is 32.2. The fraction of sp³-hybridized carbons (Fsp3) is 0.222. The van der Waals surface area contributed by atoms with Crippen LogP contribution in [0, 0.1) is 6.92 Å². The van der Waals surface area contributed by atoms with Gasteiger partial charge in [0, 0.05) is 36.5 Å². The number of rotatable bonds is 7. The number of aromatic nitrogens is 3. The molecule has 0 saturated carbocycles. The van der Waals surface area contributed by atoms with E-state index < -0.39 is 10.0 Å². The fourth-order valence-electron chi connectivity index (χ4n) is 2.50. The van der Waals surface area contributed by atoms with E-state index in [1.165, 1.54) is 13.1 Å². The first-order valence-corrected chi connectivity index (χ1v) is 9.94. The summed E-state index contributed by atoms with van der Waals surface area (Å²) in [5.41, 5.74) is 1.75. The number of carbonyl (C=O) groups excluding carboxylic acids is 1. The summed E-state index contributed by atoms with van der Waals surface area (Å²) in [5.74, 6) is 0.475. The first-order chi connectivity index (χ1) is 13.4. The molecule has 0 bridgehead atoms. The van der Waals surface area contributed by atoms with E-state index >= 15 is 0 Å². The van der Waals surface area contributed by atoms with Crippen LogP contribution < -0.4 is 10.0 Å². The monoisotopic (exact) mass is 401 g/mol. The number of sulfonamides is 1. The summed E-state index contributed by atoms with van der Waals surface area (Å²) in [6, 6.07) is 8.23. The highest BCUT2D eigenvalue weighted by Gasteiger charge is 2.16. The van der Waals surface area contributed by atoms with Gasteiger partial charge in [-0.2, -0.15) is 4.98 Å². The molecule has 1 amide bonds. The molecule has 2 heterocycles. The van der Waals surface area contributed by atoms with E-state index in [1.54, 1.807) is 43.6 Å². The summed E-state index contributed by atoms with van der Waals surface area (Å²) < 4.78 is 31.5. The van der Waals surface area contributed by atoms with Crippen LogP contribution in [0.3, 0.4) is 0 Å². The predicted molar refractivity (Wildman–Crippen MR) is 102 cm³/mol. The molecular formula is C18H19N5O4S.